The smallest absolute Gasteiger partial charge is 0.241 e. The van der Waals surface area contributed by atoms with Gasteiger partial charge in [-0.05, 0) is 74.5 Å². The molecule has 1 aromatic heterocycles. The van der Waals surface area contributed by atoms with Gasteiger partial charge in [0.25, 0.3) is 0 Å². The van der Waals surface area contributed by atoms with Crippen LogP contribution in [-0.2, 0) is 17.8 Å². The molecule has 1 saturated heterocycles. The highest BCUT2D eigenvalue weighted by Crippen LogP contribution is 2.22. The summed E-state index contributed by atoms with van der Waals surface area (Å²) in [5, 5.41) is 7.12. The molecule has 0 radical (unpaired) electrons. The molecule has 8 heteroatoms. The fourth-order valence-electron chi connectivity index (χ4n) is 4.34. The van der Waals surface area contributed by atoms with E-state index in [1.54, 1.807) is 12.1 Å². The number of halogens is 1. The van der Waals surface area contributed by atoms with Gasteiger partial charge in [0.1, 0.15) is 11.6 Å². The maximum Gasteiger partial charge on any atom is 0.241 e. The van der Waals surface area contributed by atoms with E-state index in [-0.39, 0.29) is 17.6 Å². The number of rotatable bonds is 11. The topological polar surface area (TPSA) is 80.5 Å². The number of hydrogen-bond donors (Lipinski definition) is 1. The number of aryl methyl sites for hydroxylation is 1. The first kappa shape index (κ1) is 24.9. The van der Waals surface area contributed by atoms with Crippen LogP contribution in [0.1, 0.15) is 44.1 Å². The average molecular weight is 481 g/mol. The summed E-state index contributed by atoms with van der Waals surface area (Å²) in [6.45, 7) is 5.48. The minimum absolute atomic E-state index is 0.0524. The lowest BCUT2D eigenvalue weighted by atomic mass is 9.97. The Morgan fingerprint density at radius 2 is 2.06 bits per heavy atom. The number of nitrogens with zero attached hydrogens (tertiary/aromatic N) is 3. The number of carbonyl (C=O) groups is 1. The summed E-state index contributed by atoms with van der Waals surface area (Å²) in [4.78, 5) is 19.4. The highest BCUT2D eigenvalue weighted by molar-refractivity contribution is 5.78. The third kappa shape index (κ3) is 7.11. The molecule has 1 atom stereocenters. The summed E-state index contributed by atoms with van der Waals surface area (Å²) >= 11 is 0. The molecule has 3 aromatic rings. The van der Waals surface area contributed by atoms with Gasteiger partial charge in [-0.1, -0.05) is 30.3 Å². The largest absolute Gasteiger partial charge is 0.493 e. The molecule has 0 saturated carbocycles. The van der Waals surface area contributed by atoms with Gasteiger partial charge in [-0.2, -0.15) is 4.98 Å². The number of para-hydroxylation sites is 1. The summed E-state index contributed by atoms with van der Waals surface area (Å²) < 4.78 is 24.4. The number of benzene rings is 2. The Balaban J connectivity index is 1.22. The van der Waals surface area contributed by atoms with E-state index in [0.717, 1.165) is 44.4 Å². The minimum Gasteiger partial charge on any atom is -0.493 e. The van der Waals surface area contributed by atoms with Gasteiger partial charge in [0, 0.05) is 18.7 Å². The molecule has 7 nitrogen and oxygen atoms in total. The van der Waals surface area contributed by atoms with Crippen LogP contribution in [0.3, 0.4) is 0 Å². The number of hydrogen-bond acceptors (Lipinski definition) is 6. The van der Waals surface area contributed by atoms with Crippen LogP contribution in [0.25, 0.3) is 11.4 Å². The van der Waals surface area contributed by atoms with Crippen molar-refractivity contribution in [3.8, 4) is 17.1 Å². The van der Waals surface area contributed by atoms with Crippen LogP contribution in [0, 0.1) is 11.7 Å². The molecular weight excluding hydrogens is 447 g/mol. The van der Waals surface area contributed by atoms with E-state index in [0.29, 0.717) is 43.5 Å². The second kappa shape index (κ2) is 12.4. The van der Waals surface area contributed by atoms with Crippen LogP contribution in [0.2, 0.25) is 0 Å². The molecular formula is C27H33FN4O3. The van der Waals surface area contributed by atoms with Gasteiger partial charge in [-0.25, -0.2) is 4.39 Å². The van der Waals surface area contributed by atoms with Crippen LogP contribution in [-0.4, -0.2) is 47.2 Å². The Morgan fingerprint density at radius 3 is 2.89 bits per heavy atom. The van der Waals surface area contributed by atoms with E-state index in [9.17, 15) is 9.18 Å². The zero-order valence-electron chi connectivity index (χ0n) is 20.2. The number of piperidine rings is 1. The Hall–Kier alpha value is -3.26. The van der Waals surface area contributed by atoms with Crippen molar-refractivity contribution in [3.05, 3.63) is 65.8 Å². The zero-order chi connectivity index (χ0) is 24.5. The van der Waals surface area contributed by atoms with Gasteiger partial charge in [-0.15, -0.1) is 0 Å². The van der Waals surface area contributed by atoms with Crippen molar-refractivity contribution in [2.45, 2.75) is 45.6 Å². The van der Waals surface area contributed by atoms with Crippen molar-refractivity contribution in [3.63, 3.8) is 0 Å². The van der Waals surface area contributed by atoms with Gasteiger partial charge < -0.3 is 14.6 Å². The predicted molar refractivity (Wildman–Crippen MR) is 131 cm³/mol. The number of ether oxygens (including phenoxy) is 1. The lowest BCUT2D eigenvalue weighted by Crippen LogP contribution is -2.43. The minimum atomic E-state index is -0.305. The molecule has 1 aliphatic heterocycles. The average Bonchev–Trinajstić information content (AvgIpc) is 3.34. The summed E-state index contributed by atoms with van der Waals surface area (Å²) in [5.41, 5.74) is 1.88. The third-order valence-electron chi connectivity index (χ3n) is 6.16. The predicted octanol–water partition coefficient (Wildman–Crippen LogP) is 4.63. The van der Waals surface area contributed by atoms with Crippen LogP contribution in [0.5, 0.6) is 5.75 Å². The fourth-order valence-corrected chi connectivity index (χ4v) is 4.34. The molecule has 4 rings (SSSR count). The zero-order valence-corrected chi connectivity index (χ0v) is 20.2. The number of likely N-dealkylation sites (tertiary alicyclic amines) is 1. The van der Waals surface area contributed by atoms with Gasteiger partial charge in [0.2, 0.25) is 17.6 Å². The SMILES string of the molecule is CCCOc1ccccc1CCCNC(=O)C1CCCN(Cc2nc(-c3ccc(F)cc3)no2)C1. The molecule has 1 unspecified atom stereocenters. The normalized spacial score (nSPS) is 16.2. The standard InChI is InChI=1S/C27H33FN4O3/c1-2-17-34-24-10-4-3-7-20(24)8-5-15-29-27(33)22-9-6-16-32(18-22)19-25-30-26(31-35-25)21-11-13-23(28)14-12-21/h3-4,7,10-14,22H,2,5-6,8-9,15-19H2,1H3,(H,29,33). The van der Waals surface area contributed by atoms with Crippen molar-refractivity contribution in [1.82, 2.24) is 20.4 Å². The molecule has 35 heavy (non-hydrogen) atoms. The van der Waals surface area contributed by atoms with E-state index in [2.05, 4.69) is 33.3 Å². The second-order valence-corrected chi connectivity index (χ2v) is 8.94. The van der Waals surface area contributed by atoms with Crippen molar-refractivity contribution < 1.29 is 18.4 Å². The van der Waals surface area contributed by atoms with E-state index >= 15 is 0 Å². The lowest BCUT2D eigenvalue weighted by molar-refractivity contribution is -0.126. The first-order valence-corrected chi connectivity index (χ1v) is 12.4. The summed E-state index contributed by atoms with van der Waals surface area (Å²) in [7, 11) is 0. The van der Waals surface area contributed by atoms with E-state index in [4.69, 9.17) is 9.26 Å². The van der Waals surface area contributed by atoms with Crippen molar-refractivity contribution in [2.75, 3.05) is 26.2 Å². The molecule has 2 heterocycles. The molecule has 0 spiro atoms. The maximum absolute atomic E-state index is 13.1. The fraction of sp³-hybridized carbons (Fsp3) is 0.444. The van der Waals surface area contributed by atoms with Gasteiger partial charge in [-0.3, -0.25) is 9.69 Å². The molecule has 2 aromatic carbocycles. The van der Waals surface area contributed by atoms with Gasteiger partial charge >= 0.3 is 0 Å². The van der Waals surface area contributed by atoms with E-state index in [1.807, 2.05) is 18.2 Å². The van der Waals surface area contributed by atoms with Crippen molar-refractivity contribution in [1.29, 1.82) is 0 Å². The number of carbonyl (C=O) groups excluding carboxylic acids is 1. The Kier molecular flexibility index (Phi) is 8.84. The van der Waals surface area contributed by atoms with Crippen LogP contribution in [0.15, 0.2) is 53.1 Å². The van der Waals surface area contributed by atoms with Crippen LogP contribution >= 0.6 is 0 Å². The molecule has 1 N–H and O–H groups in total. The molecule has 1 aliphatic rings. The van der Waals surface area contributed by atoms with Crippen molar-refractivity contribution in [2.24, 2.45) is 5.92 Å². The van der Waals surface area contributed by atoms with Crippen LogP contribution in [0.4, 0.5) is 4.39 Å². The molecule has 0 bridgehead atoms. The lowest BCUT2D eigenvalue weighted by Gasteiger charge is -2.30. The molecule has 186 valence electrons. The Labute approximate surface area is 205 Å². The third-order valence-corrected chi connectivity index (χ3v) is 6.16. The highest BCUT2D eigenvalue weighted by atomic mass is 19.1. The monoisotopic (exact) mass is 480 g/mol. The Bertz CT molecular complexity index is 1090. The second-order valence-electron chi connectivity index (χ2n) is 8.94. The number of aromatic nitrogens is 2. The summed E-state index contributed by atoms with van der Waals surface area (Å²) in [6.07, 6.45) is 4.53. The Morgan fingerprint density at radius 1 is 1.23 bits per heavy atom. The molecule has 0 aliphatic carbocycles. The first-order chi connectivity index (χ1) is 17.1. The van der Waals surface area contributed by atoms with Crippen molar-refractivity contribution >= 4 is 5.91 Å². The first-order valence-electron chi connectivity index (χ1n) is 12.4. The summed E-state index contributed by atoms with van der Waals surface area (Å²) in [6, 6.07) is 14.1. The van der Waals surface area contributed by atoms with Gasteiger partial charge in [0.05, 0.1) is 19.1 Å². The van der Waals surface area contributed by atoms with E-state index < -0.39 is 0 Å². The van der Waals surface area contributed by atoms with E-state index in [1.165, 1.54) is 17.7 Å². The number of nitrogens with one attached hydrogen (secondary N) is 1. The van der Waals surface area contributed by atoms with Crippen LogP contribution < -0.4 is 10.1 Å². The quantitative estimate of drug-likeness (QED) is 0.403. The molecule has 1 amide bonds. The molecule has 1 fully saturated rings. The summed E-state index contributed by atoms with van der Waals surface area (Å²) in [5.74, 6) is 1.61. The highest BCUT2D eigenvalue weighted by Gasteiger charge is 2.26. The number of amides is 1. The maximum atomic E-state index is 13.1. The van der Waals surface area contributed by atoms with Gasteiger partial charge in [0.15, 0.2) is 0 Å².